The van der Waals surface area contributed by atoms with Gasteiger partial charge in [0.2, 0.25) is 17.7 Å². The molecule has 166 valence electrons. The molecule has 32 heavy (non-hydrogen) atoms. The number of benzene rings is 2. The highest BCUT2D eigenvalue weighted by molar-refractivity contribution is 9.10. The number of fused-ring (bicyclic) bond motifs is 3. The molecule has 2 aliphatic rings. The van der Waals surface area contributed by atoms with Gasteiger partial charge in [-0.2, -0.15) is 0 Å². The average Bonchev–Trinajstić information content (AvgIpc) is 3.05. The highest BCUT2D eigenvalue weighted by Crippen LogP contribution is 2.44. The Morgan fingerprint density at radius 1 is 1.09 bits per heavy atom. The molecule has 0 aliphatic carbocycles. The van der Waals surface area contributed by atoms with Crippen molar-refractivity contribution in [1.82, 2.24) is 4.90 Å². The largest absolute Gasteiger partial charge is 0.325 e. The topological polar surface area (TPSA) is 98.8 Å². The van der Waals surface area contributed by atoms with Crippen molar-refractivity contribution in [1.29, 1.82) is 0 Å². The van der Waals surface area contributed by atoms with Crippen LogP contribution in [0.25, 0.3) is 0 Å². The highest BCUT2D eigenvalue weighted by atomic mass is 79.9. The number of hydrogen-bond donors (Lipinski definition) is 2. The number of nitrogens with zero attached hydrogens (tertiary/aromatic N) is 2. The summed E-state index contributed by atoms with van der Waals surface area (Å²) < 4.78 is 0.748. The van der Waals surface area contributed by atoms with Crippen LogP contribution in [0.4, 0.5) is 17.1 Å². The molecular weight excluding hydrogens is 476 g/mol. The number of nitrogens with one attached hydrogen (secondary N) is 2. The van der Waals surface area contributed by atoms with Gasteiger partial charge < -0.3 is 15.5 Å². The third-order valence-electron chi connectivity index (χ3n) is 5.87. The second-order valence-corrected chi connectivity index (χ2v) is 9.01. The number of anilines is 3. The molecule has 1 unspecified atom stereocenters. The van der Waals surface area contributed by atoms with E-state index in [0.717, 1.165) is 4.47 Å². The van der Waals surface area contributed by atoms with Gasteiger partial charge in [0.25, 0.3) is 5.91 Å². The molecule has 1 fully saturated rings. The van der Waals surface area contributed by atoms with Crippen molar-refractivity contribution in [3.63, 3.8) is 0 Å². The van der Waals surface area contributed by atoms with Crippen molar-refractivity contribution in [2.24, 2.45) is 0 Å². The molecule has 2 aliphatic heterocycles. The molecule has 4 amide bonds. The molecule has 9 heteroatoms. The van der Waals surface area contributed by atoms with Gasteiger partial charge in [0.05, 0.1) is 22.6 Å². The van der Waals surface area contributed by atoms with E-state index in [-0.39, 0.29) is 36.6 Å². The molecule has 0 radical (unpaired) electrons. The lowest BCUT2D eigenvalue weighted by Crippen LogP contribution is -2.62. The van der Waals surface area contributed by atoms with Gasteiger partial charge in [-0.3, -0.25) is 24.1 Å². The molecular formula is C23H23BrN4O4. The van der Waals surface area contributed by atoms with Crippen LogP contribution >= 0.6 is 15.9 Å². The van der Waals surface area contributed by atoms with E-state index in [1.54, 1.807) is 46.2 Å². The molecule has 2 aromatic carbocycles. The Labute approximate surface area is 194 Å². The van der Waals surface area contributed by atoms with E-state index in [0.29, 0.717) is 35.5 Å². The zero-order valence-corrected chi connectivity index (χ0v) is 19.4. The number of amides is 4. The molecule has 0 spiro atoms. The normalized spacial score (nSPS) is 19.5. The maximum atomic E-state index is 13.3. The number of para-hydroxylation sites is 1. The second kappa shape index (κ2) is 8.38. The third kappa shape index (κ3) is 3.88. The van der Waals surface area contributed by atoms with Crippen molar-refractivity contribution < 1.29 is 19.2 Å². The van der Waals surface area contributed by atoms with Crippen molar-refractivity contribution >= 4 is 56.6 Å². The van der Waals surface area contributed by atoms with Crippen molar-refractivity contribution in [2.45, 2.75) is 38.8 Å². The zero-order valence-electron chi connectivity index (χ0n) is 17.8. The van der Waals surface area contributed by atoms with Crippen LogP contribution < -0.4 is 15.5 Å². The predicted molar refractivity (Wildman–Crippen MR) is 124 cm³/mol. The number of carbonyl (C=O) groups is 4. The van der Waals surface area contributed by atoms with Gasteiger partial charge in [-0.25, -0.2) is 0 Å². The minimum Gasteiger partial charge on any atom is -0.325 e. The summed E-state index contributed by atoms with van der Waals surface area (Å²) in [6.45, 7) is 3.42. The van der Waals surface area contributed by atoms with E-state index < -0.39 is 5.66 Å². The Balaban J connectivity index is 1.53. The van der Waals surface area contributed by atoms with Gasteiger partial charge in [-0.15, -0.1) is 0 Å². The van der Waals surface area contributed by atoms with Crippen LogP contribution in [0.15, 0.2) is 46.9 Å². The van der Waals surface area contributed by atoms with E-state index in [1.165, 1.54) is 6.92 Å². The summed E-state index contributed by atoms with van der Waals surface area (Å²) in [7, 11) is 0. The molecule has 2 heterocycles. The summed E-state index contributed by atoms with van der Waals surface area (Å²) in [6.07, 6.45) is 0.891. The van der Waals surface area contributed by atoms with E-state index in [2.05, 4.69) is 26.6 Å². The molecule has 1 atom stereocenters. The van der Waals surface area contributed by atoms with Crippen LogP contribution in [0, 0.1) is 0 Å². The third-order valence-corrected chi connectivity index (χ3v) is 6.37. The SMILES string of the molecule is CC(=O)Nc1ccc(Br)cc1NC(=O)CCN1C(=O)c2ccccc2N2C(=O)CCC12C. The lowest BCUT2D eigenvalue weighted by atomic mass is 9.98. The van der Waals surface area contributed by atoms with Gasteiger partial charge >= 0.3 is 0 Å². The Morgan fingerprint density at radius 3 is 2.59 bits per heavy atom. The monoisotopic (exact) mass is 498 g/mol. The van der Waals surface area contributed by atoms with Crippen LogP contribution in [0.5, 0.6) is 0 Å². The number of hydrogen-bond acceptors (Lipinski definition) is 4. The van der Waals surface area contributed by atoms with E-state index >= 15 is 0 Å². The first-order valence-electron chi connectivity index (χ1n) is 10.3. The molecule has 0 bridgehead atoms. The maximum absolute atomic E-state index is 13.3. The first kappa shape index (κ1) is 22.0. The first-order valence-corrected chi connectivity index (χ1v) is 11.1. The van der Waals surface area contributed by atoms with Crippen LogP contribution in [0.3, 0.4) is 0 Å². The number of carbonyl (C=O) groups excluding carboxylic acids is 4. The van der Waals surface area contributed by atoms with E-state index in [4.69, 9.17) is 0 Å². The fourth-order valence-electron chi connectivity index (χ4n) is 4.39. The van der Waals surface area contributed by atoms with Crippen molar-refractivity contribution in [2.75, 3.05) is 22.1 Å². The van der Waals surface area contributed by atoms with E-state index in [1.807, 2.05) is 13.0 Å². The molecule has 8 nitrogen and oxygen atoms in total. The lowest BCUT2D eigenvalue weighted by Gasteiger charge is -2.48. The van der Waals surface area contributed by atoms with Crippen LogP contribution in [-0.2, 0) is 14.4 Å². The summed E-state index contributed by atoms with van der Waals surface area (Å²) in [6, 6.07) is 12.2. The number of rotatable bonds is 5. The maximum Gasteiger partial charge on any atom is 0.257 e. The molecule has 0 saturated carbocycles. The smallest absolute Gasteiger partial charge is 0.257 e. The minimum absolute atomic E-state index is 0.0315. The predicted octanol–water partition coefficient (Wildman–Crippen LogP) is 3.74. The summed E-state index contributed by atoms with van der Waals surface area (Å²) in [5.41, 5.74) is 1.22. The fraction of sp³-hybridized carbons (Fsp3) is 0.304. The van der Waals surface area contributed by atoms with Gasteiger partial charge in [-0.1, -0.05) is 28.1 Å². The van der Waals surface area contributed by atoms with Gasteiger partial charge in [0.15, 0.2) is 0 Å². The van der Waals surface area contributed by atoms with Crippen molar-refractivity contribution in [3.05, 3.63) is 52.5 Å². The molecule has 2 aromatic rings. The van der Waals surface area contributed by atoms with Gasteiger partial charge in [-0.05, 0) is 43.7 Å². The molecule has 2 N–H and O–H groups in total. The quantitative estimate of drug-likeness (QED) is 0.655. The Bertz CT molecular complexity index is 1130. The summed E-state index contributed by atoms with van der Waals surface area (Å²) in [5.74, 6) is -0.778. The first-order chi connectivity index (χ1) is 15.2. The standard InChI is InChI=1S/C23H23BrN4O4/c1-14(29)25-17-8-7-15(24)13-18(17)26-20(30)10-12-27-22(32)16-5-3-4-6-19(16)28-21(31)9-11-23(27,28)2/h3-8,13H,9-12H2,1-2H3,(H,25,29)(H,26,30). The lowest BCUT2D eigenvalue weighted by molar-refractivity contribution is -0.118. The average molecular weight is 499 g/mol. The second-order valence-electron chi connectivity index (χ2n) is 8.09. The van der Waals surface area contributed by atoms with Crippen molar-refractivity contribution in [3.8, 4) is 0 Å². The Morgan fingerprint density at radius 2 is 1.84 bits per heavy atom. The molecule has 1 saturated heterocycles. The molecule has 4 rings (SSSR count). The highest BCUT2D eigenvalue weighted by Gasteiger charge is 2.52. The van der Waals surface area contributed by atoms with Crippen LogP contribution in [0.2, 0.25) is 0 Å². The van der Waals surface area contributed by atoms with Gasteiger partial charge in [0.1, 0.15) is 5.66 Å². The number of halogens is 1. The molecule has 0 aromatic heterocycles. The fourth-order valence-corrected chi connectivity index (χ4v) is 4.75. The Kier molecular flexibility index (Phi) is 5.77. The van der Waals surface area contributed by atoms with Gasteiger partial charge in [0, 0.05) is 30.8 Å². The Hall–Kier alpha value is -3.20. The van der Waals surface area contributed by atoms with Crippen LogP contribution in [-0.4, -0.2) is 40.7 Å². The summed E-state index contributed by atoms with van der Waals surface area (Å²) >= 11 is 3.37. The zero-order chi connectivity index (χ0) is 23.0. The summed E-state index contributed by atoms with van der Waals surface area (Å²) in [5, 5.41) is 5.50. The van der Waals surface area contributed by atoms with E-state index in [9.17, 15) is 19.2 Å². The summed E-state index contributed by atoms with van der Waals surface area (Å²) in [4.78, 5) is 53.4. The minimum atomic E-state index is -0.806. The van der Waals surface area contributed by atoms with Crippen LogP contribution in [0.1, 0.15) is 43.5 Å².